The Labute approximate surface area is 135 Å². The number of nitrogens with two attached hydrogens (primary N) is 2. The Balaban J connectivity index is 2.17. The standard InChI is InChI=1S/C19H18N4/c20-23(21)18-14-8-7-13-17(18)22-19(15-9-3-1-4-10-15)16-11-5-2-6-12-16/h1-14H,20-21H2. The molecule has 3 rings (SSSR count). The molecule has 0 atom stereocenters. The zero-order valence-electron chi connectivity index (χ0n) is 12.6. The van der Waals surface area contributed by atoms with Gasteiger partial charge >= 0.3 is 0 Å². The predicted octanol–water partition coefficient (Wildman–Crippen LogP) is 3.41. The SMILES string of the molecule is NN(N)c1ccccc1N=C(c1ccccc1)c1ccccc1. The number of para-hydroxylation sites is 2. The van der Waals surface area contributed by atoms with Gasteiger partial charge in [0.1, 0.15) is 0 Å². The molecule has 4 heteroatoms. The molecular weight excluding hydrogens is 284 g/mol. The molecule has 0 aliphatic carbocycles. The molecule has 3 aromatic rings. The van der Waals surface area contributed by atoms with Gasteiger partial charge in [0.25, 0.3) is 0 Å². The number of benzene rings is 3. The van der Waals surface area contributed by atoms with Crippen molar-refractivity contribution in [1.29, 1.82) is 0 Å². The minimum Gasteiger partial charge on any atom is -0.245 e. The van der Waals surface area contributed by atoms with Crippen LogP contribution in [-0.2, 0) is 0 Å². The Bertz CT molecular complexity index is 754. The number of hydrogen-bond acceptors (Lipinski definition) is 4. The molecule has 3 aromatic carbocycles. The van der Waals surface area contributed by atoms with Crippen molar-refractivity contribution in [3.05, 3.63) is 96.1 Å². The molecule has 4 nitrogen and oxygen atoms in total. The van der Waals surface area contributed by atoms with Crippen LogP contribution in [0.2, 0.25) is 0 Å². The molecule has 0 heterocycles. The molecule has 0 spiro atoms. The van der Waals surface area contributed by atoms with Gasteiger partial charge in [0.05, 0.1) is 17.1 Å². The molecule has 0 aromatic heterocycles. The van der Waals surface area contributed by atoms with E-state index in [9.17, 15) is 0 Å². The minimum absolute atomic E-state index is 0.664. The average Bonchev–Trinajstić information content (AvgIpc) is 2.61. The highest BCUT2D eigenvalue weighted by molar-refractivity contribution is 6.14. The topological polar surface area (TPSA) is 67.6 Å². The second-order valence-corrected chi connectivity index (χ2v) is 5.09. The maximum atomic E-state index is 5.71. The van der Waals surface area contributed by atoms with E-state index in [-0.39, 0.29) is 0 Å². The third kappa shape index (κ3) is 3.45. The van der Waals surface area contributed by atoms with Crippen molar-refractivity contribution >= 4 is 17.1 Å². The number of rotatable bonds is 4. The van der Waals surface area contributed by atoms with Gasteiger partial charge in [-0.15, -0.1) is 0 Å². The van der Waals surface area contributed by atoms with Gasteiger partial charge in [0.2, 0.25) is 0 Å². The monoisotopic (exact) mass is 302 g/mol. The highest BCUT2D eigenvalue weighted by atomic mass is 15.6. The maximum Gasteiger partial charge on any atom is 0.0953 e. The number of anilines is 1. The molecule has 0 radical (unpaired) electrons. The van der Waals surface area contributed by atoms with E-state index in [0.29, 0.717) is 5.69 Å². The summed E-state index contributed by atoms with van der Waals surface area (Å²) in [5.41, 5.74) is 4.33. The maximum absolute atomic E-state index is 5.71. The summed E-state index contributed by atoms with van der Waals surface area (Å²) in [6.45, 7) is 0. The van der Waals surface area contributed by atoms with E-state index in [0.717, 1.165) is 27.6 Å². The van der Waals surface area contributed by atoms with E-state index in [1.807, 2.05) is 84.9 Å². The van der Waals surface area contributed by atoms with E-state index in [1.165, 1.54) is 0 Å². The molecule has 0 saturated carbocycles. The Morgan fingerprint density at radius 1 is 0.652 bits per heavy atom. The predicted molar refractivity (Wildman–Crippen MR) is 95.5 cm³/mol. The Hall–Kier alpha value is -2.95. The Morgan fingerprint density at radius 2 is 1.13 bits per heavy atom. The molecule has 0 unspecified atom stereocenters. The second-order valence-electron chi connectivity index (χ2n) is 5.09. The third-order valence-electron chi connectivity index (χ3n) is 3.49. The average molecular weight is 302 g/mol. The molecule has 0 bridgehead atoms. The summed E-state index contributed by atoms with van der Waals surface area (Å²) in [7, 11) is 0. The summed E-state index contributed by atoms with van der Waals surface area (Å²) in [6, 6.07) is 27.7. The van der Waals surface area contributed by atoms with Crippen molar-refractivity contribution in [2.75, 3.05) is 5.12 Å². The lowest BCUT2D eigenvalue weighted by atomic mass is 10.0. The van der Waals surface area contributed by atoms with Crippen LogP contribution in [0.15, 0.2) is 89.9 Å². The van der Waals surface area contributed by atoms with E-state index in [2.05, 4.69) is 0 Å². The molecule has 23 heavy (non-hydrogen) atoms. The number of hydrazine groups is 2. The van der Waals surface area contributed by atoms with Crippen molar-refractivity contribution < 1.29 is 0 Å². The van der Waals surface area contributed by atoms with Crippen LogP contribution in [0.4, 0.5) is 11.4 Å². The van der Waals surface area contributed by atoms with Crippen LogP contribution in [-0.4, -0.2) is 5.71 Å². The van der Waals surface area contributed by atoms with Crippen LogP contribution < -0.4 is 16.8 Å². The first-order valence-corrected chi connectivity index (χ1v) is 7.34. The first-order chi connectivity index (χ1) is 11.3. The van der Waals surface area contributed by atoms with Crippen LogP contribution in [0.25, 0.3) is 0 Å². The molecule has 114 valence electrons. The first kappa shape index (κ1) is 15.0. The summed E-state index contributed by atoms with van der Waals surface area (Å²) < 4.78 is 0. The molecule has 0 amide bonds. The summed E-state index contributed by atoms with van der Waals surface area (Å²) in [6.07, 6.45) is 0. The van der Waals surface area contributed by atoms with Gasteiger partial charge in [-0.2, -0.15) is 0 Å². The smallest absolute Gasteiger partial charge is 0.0953 e. The van der Waals surface area contributed by atoms with Gasteiger partial charge in [-0.25, -0.2) is 21.8 Å². The molecule has 0 saturated heterocycles. The summed E-state index contributed by atoms with van der Waals surface area (Å²) in [5, 5.41) is 1.09. The fourth-order valence-corrected chi connectivity index (χ4v) is 2.39. The lowest BCUT2D eigenvalue weighted by molar-refractivity contribution is 0.925. The fraction of sp³-hybridized carbons (Fsp3) is 0. The van der Waals surface area contributed by atoms with E-state index in [1.54, 1.807) is 0 Å². The van der Waals surface area contributed by atoms with Crippen molar-refractivity contribution in [3.63, 3.8) is 0 Å². The Kier molecular flexibility index (Phi) is 4.47. The van der Waals surface area contributed by atoms with E-state index >= 15 is 0 Å². The number of nitrogens with zero attached hydrogens (tertiary/aromatic N) is 2. The number of aliphatic imine (C=N–C) groups is 1. The third-order valence-corrected chi connectivity index (χ3v) is 3.49. The van der Waals surface area contributed by atoms with Gasteiger partial charge in [-0.1, -0.05) is 72.8 Å². The molecular formula is C19H18N4. The van der Waals surface area contributed by atoms with Gasteiger partial charge in [0, 0.05) is 11.1 Å². The van der Waals surface area contributed by atoms with Gasteiger partial charge in [0.15, 0.2) is 0 Å². The molecule has 0 aliphatic heterocycles. The number of hydrogen-bond donors (Lipinski definition) is 2. The molecule has 4 N–H and O–H groups in total. The van der Waals surface area contributed by atoms with Crippen LogP contribution in [0, 0.1) is 0 Å². The summed E-state index contributed by atoms with van der Waals surface area (Å²) in [4.78, 5) is 4.84. The van der Waals surface area contributed by atoms with Crippen molar-refractivity contribution in [1.82, 2.24) is 0 Å². The Morgan fingerprint density at radius 3 is 1.65 bits per heavy atom. The molecule has 0 aliphatic rings. The minimum atomic E-state index is 0.664. The van der Waals surface area contributed by atoms with Crippen LogP contribution in [0.3, 0.4) is 0 Å². The quantitative estimate of drug-likeness (QED) is 0.441. The lowest BCUT2D eigenvalue weighted by Crippen LogP contribution is -2.37. The van der Waals surface area contributed by atoms with Crippen LogP contribution >= 0.6 is 0 Å². The fourth-order valence-electron chi connectivity index (χ4n) is 2.39. The largest absolute Gasteiger partial charge is 0.245 e. The summed E-state index contributed by atoms with van der Waals surface area (Å²) in [5.74, 6) is 11.4. The zero-order valence-corrected chi connectivity index (χ0v) is 12.6. The highest BCUT2D eigenvalue weighted by Crippen LogP contribution is 2.27. The van der Waals surface area contributed by atoms with Crippen LogP contribution in [0.5, 0.6) is 0 Å². The van der Waals surface area contributed by atoms with Gasteiger partial charge in [-0.05, 0) is 12.1 Å². The van der Waals surface area contributed by atoms with Crippen molar-refractivity contribution in [3.8, 4) is 0 Å². The molecule has 0 fully saturated rings. The van der Waals surface area contributed by atoms with E-state index < -0.39 is 0 Å². The first-order valence-electron chi connectivity index (χ1n) is 7.34. The summed E-state index contributed by atoms with van der Waals surface area (Å²) >= 11 is 0. The van der Waals surface area contributed by atoms with Crippen molar-refractivity contribution in [2.45, 2.75) is 0 Å². The normalized spacial score (nSPS) is 10.2. The zero-order chi connectivity index (χ0) is 16.1. The van der Waals surface area contributed by atoms with Crippen LogP contribution in [0.1, 0.15) is 11.1 Å². The second kappa shape index (κ2) is 6.87. The van der Waals surface area contributed by atoms with Gasteiger partial charge < -0.3 is 0 Å². The van der Waals surface area contributed by atoms with E-state index in [4.69, 9.17) is 16.7 Å². The van der Waals surface area contributed by atoms with Crippen molar-refractivity contribution in [2.24, 2.45) is 16.7 Å². The highest BCUT2D eigenvalue weighted by Gasteiger charge is 2.09. The lowest BCUT2D eigenvalue weighted by Gasteiger charge is -2.15. The van der Waals surface area contributed by atoms with Gasteiger partial charge in [-0.3, -0.25) is 0 Å².